The van der Waals surface area contributed by atoms with E-state index in [1.165, 1.54) is 16.5 Å². The second-order valence-corrected chi connectivity index (χ2v) is 7.44. The van der Waals surface area contributed by atoms with Crippen molar-refractivity contribution in [3.63, 3.8) is 0 Å². The first-order valence-electron chi connectivity index (χ1n) is 10.2. The van der Waals surface area contributed by atoms with E-state index < -0.39 is 0 Å². The molecule has 8 heteroatoms. The van der Waals surface area contributed by atoms with E-state index in [-0.39, 0.29) is 29.9 Å². The first kappa shape index (κ1) is 25.0. The molecule has 0 radical (unpaired) electrons. The molecule has 31 heavy (non-hydrogen) atoms. The molecule has 1 aromatic heterocycles. The van der Waals surface area contributed by atoms with Crippen molar-refractivity contribution >= 4 is 58.3 Å². The van der Waals surface area contributed by atoms with Crippen LogP contribution in [0, 0.1) is 6.92 Å². The van der Waals surface area contributed by atoms with Gasteiger partial charge in [0, 0.05) is 43.3 Å². The van der Waals surface area contributed by atoms with E-state index in [1.54, 1.807) is 24.3 Å². The second-order valence-electron chi connectivity index (χ2n) is 7.04. The van der Waals surface area contributed by atoms with Crippen molar-refractivity contribution in [3.05, 3.63) is 70.4 Å². The SMILES string of the molecule is CCNC(=NCCc1c[nH]c2cc(C)ccc12)NCCNC(=O)c1ccccc1Cl.I. The summed E-state index contributed by atoms with van der Waals surface area (Å²) in [5.41, 5.74) is 4.15. The van der Waals surface area contributed by atoms with Crippen molar-refractivity contribution in [2.45, 2.75) is 20.3 Å². The monoisotopic (exact) mass is 553 g/mol. The van der Waals surface area contributed by atoms with Crippen LogP contribution in [0.5, 0.6) is 0 Å². The lowest BCUT2D eigenvalue weighted by molar-refractivity contribution is 0.0954. The van der Waals surface area contributed by atoms with Crippen molar-refractivity contribution in [2.75, 3.05) is 26.2 Å². The third kappa shape index (κ3) is 7.14. The highest BCUT2D eigenvalue weighted by Crippen LogP contribution is 2.20. The van der Waals surface area contributed by atoms with Crippen LogP contribution in [0.25, 0.3) is 10.9 Å². The molecule has 6 nitrogen and oxygen atoms in total. The first-order chi connectivity index (χ1) is 14.6. The Bertz CT molecular complexity index is 1030. The van der Waals surface area contributed by atoms with Crippen LogP contribution >= 0.6 is 35.6 Å². The number of nitrogens with one attached hydrogen (secondary N) is 4. The van der Waals surface area contributed by atoms with Crippen LogP contribution in [0.4, 0.5) is 0 Å². The molecule has 0 aliphatic carbocycles. The largest absolute Gasteiger partial charge is 0.361 e. The Morgan fingerprint density at radius 1 is 1.10 bits per heavy atom. The molecule has 0 bridgehead atoms. The number of H-pyrrole nitrogens is 1. The number of aromatic nitrogens is 1. The molecule has 0 unspecified atom stereocenters. The molecule has 166 valence electrons. The minimum absolute atomic E-state index is 0. The number of carbonyl (C=O) groups excluding carboxylic acids is 1. The van der Waals surface area contributed by atoms with Crippen LogP contribution in [0.15, 0.2) is 53.7 Å². The number of aliphatic imine (C=N–C) groups is 1. The fourth-order valence-corrected chi connectivity index (χ4v) is 3.46. The average molecular weight is 554 g/mol. The lowest BCUT2D eigenvalue weighted by atomic mass is 10.1. The molecule has 0 spiro atoms. The van der Waals surface area contributed by atoms with Gasteiger partial charge in [-0.05, 0) is 49.6 Å². The quantitative estimate of drug-likeness (QED) is 0.146. The standard InChI is InChI=1S/C23H28ClN5O.HI/c1-3-25-23(28-13-12-26-22(30)19-6-4-5-7-20(19)24)27-11-10-17-15-29-21-14-16(2)8-9-18(17)21;/h4-9,14-15,29H,3,10-13H2,1-2H3,(H,26,30)(H2,25,27,28);1H. The molecule has 0 aliphatic heterocycles. The average Bonchev–Trinajstić information content (AvgIpc) is 3.13. The van der Waals surface area contributed by atoms with E-state index in [2.05, 4.69) is 57.2 Å². The predicted octanol–water partition coefficient (Wildman–Crippen LogP) is 4.28. The Balaban J connectivity index is 0.00000341. The number of hydrogen-bond donors (Lipinski definition) is 4. The fraction of sp³-hybridized carbons (Fsp3) is 0.304. The highest BCUT2D eigenvalue weighted by Gasteiger charge is 2.08. The Morgan fingerprint density at radius 2 is 1.87 bits per heavy atom. The van der Waals surface area contributed by atoms with E-state index in [4.69, 9.17) is 11.6 Å². The summed E-state index contributed by atoms with van der Waals surface area (Å²) in [4.78, 5) is 20.2. The number of amides is 1. The van der Waals surface area contributed by atoms with Gasteiger partial charge in [-0.25, -0.2) is 0 Å². The molecule has 2 aromatic carbocycles. The van der Waals surface area contributed by atoms with Crippen LogP contribution < -0.4 is 16.0 Å². The third-order valence-electron chi connectivity index (χ3n) is 4.74. The van der Waals surface area contributed by atoms with Gasteiger partial charge in [0.15, 0.2) is 5.96 Å². The zero-order valence-corrected chi connectivity index (χ0v) is 20.9. The highest BCUT2D eigenvalue weighted by molar-refractivity contribution is 14.0. The molecule has 3 rings (SSSR count). The maximum atomic E-state index is 12.2. The van der Waals surface area contributed by atoms with Crippen LogP contribution in [0.1, 0.15) is 28.4 Å². The zero-order chi connectivity index (χ0) is 21.3. The second kappa shape index (κ2) is 12.6. The van der Waals surface area contributed by atoms with E-state index in [1.807, 2.05) is 6.92 Å². The summed E-state index contributed by atoms with van der Waals surface area (Å²) in [6.07, 6.45) is 2.91. The number of fused-ring (bicyclic) bond motifs is 1. The van der Waals surface area contributed by atoms with Gasteiger partial charge in [-0.1, -0.05) is 35.9 Å². The number of benzene rings is 2. The Hall–Kier alpha value is -2.26. The Morgan fingerprint density at radius 3 is 2.65 bits per heavy atom. The fourth-order valence-electron chi connectivity index (χ4n) is 3.23. The lowest BCUT2D eigenvalue weighted by Crippen LogP contribution is -2.41. The molecule has 1 heterocycles. The van der Waals surface area contributed by atoms with Gasteiger partial charge in [0.2, 0.25) is 0 Å². The van der Waals surface area contributed by atoms with Crippen LogP contribution in [0.3, 0.4) is 0 Å². The van der Waals surface area contributed by atoms with Gasteiger partial charge in [0.1, 0.15) is 0 Å². The molecule has 4 N–H and O–H groups in total. The lowest BCUT2D eigenvalue weighted by Gasteiger charge is -2.12. The number of carbonyl (C=O) groups is 1. The molecule has 3 aromatic rings. The molecule has 0 aliphatic rings. The third-order valence-corrected chi connectivity index (χ3v) is 5.07. The Kier molecular flexibility index (Phi) is 10.1. The van der Waals surface area contributed by atoms with E-state index in [9.17, 15) is 4.79 Å². The van der Waals surface area contributed by atoms with Crippen molar-refractivity contribution in [2.24, 2.45) is 4.99 Å². The smallest absolute Gasteiger partial charge is 0.252 e. The van der Waals surface area contributed by atoms with Gasteiger partial charge in [0.05, 0.1) is 10.6 Å². The molecule has 0 atom stereocenters. The minimum Gasteiger partial charge on any atom is -0.361 e. The van der Waals surface area contributed by atoms with Gasteiger partial charge < -0.3 is 20.9 Å². The first-order valence-corrected chi connectivity index (χ1v) is 10.6. The Labute approximate surface area is 205 Å². The van der Waals surface area contributed by atoms with Gasteiger partial charge in [0.25, 0.3) is 5.91 Å². The number of halogens is 2. The van der Waals surface area contributed by atoms with Gasteiger partial charge in [-0.2, -0.15) is 0 Å². The molecule has 0 saturated carbocycles. The van der Waals surface area contributed by atoms with E-state index in [0.29, 0.717) is 30.2 Å². The molecule has 0 saturated heterocycles. The summed E-state index contributed by atoms with van der Waals surface area (Å²) >= 11 is 6.06. The normalized spacial score (nSPS) is 11.1. The van der Waals surface area contributed by atoms with Crippen LogP contribution in [0.2, 0.25) is 5.02 Å². The van der Waals surface area contributed by atoms with Crippen LogP contribution in [-0.2, 0) is 6.42 Å². The maximum Gasteiger partial charge on any atom is 0.252 e. The summed E-state index contributed by atoms with van der Waals surface area (Å²) in [7, 11) is 0. The van der Waals surface area contributed by atoms with E-state index in [0.717, 1.165) is 24.4 Å². The van der Waals surface area contributed by atoms with Gasteiger partial charge in [-0.15, -0.1) is 24.0 Å². The van der Waals surface area contributed by atoms with Gasteiger partial charge in [-0.3, -0.25) is 9.79 Å². The number of rotatable bonds is 8. The number of hydrogen-bond acceptors (Lipinski definition) is 2. The molecule has 0 fully saturated rings. The van der Waals surface area contributed by atoms with Crippen molar-refractivity contribution in [1.29, 1.82) is 0 Å². The topological polar surface area (TPSA) is 81.3 Å². The van der Waals surface area contributed by atoms with Crippen molar-refractivity contribution in [1.82, 2.24) is 20.9 Å². The van der Waals surface area contributed by atoms with Crippen molar-refractivity contribution < 1.29 is 4.79 Å². The number of guanidine groups is 1. The number of aryl methyl sites for hydroxylation is 1. The summed E-state index contributed by atoms with van der Waals surface area (Å²) in [5.74, 6) is 0.555. The minimum atomic E-state index is -0.182. The molecular formula is C23H29ClIN5O. The van der Waals surface area contributed by atoms with Gasteiger partial charge >= 0.3 is 0 Å². The summed E-state index contributed by atoms with van der Waals surface area (Å²) in [6.45, 7) is 6.59. The summed E-state index contributed by atoms with van der Waals surface area (Å²) < 4.78 is 0. The molecular weight excluding hydrogens is 525 g/mol. The number of aromatic amines is 1. The van der Waals surface area contributed by atoms with Crippen molar-refractivity contribution in [3.8, 4) is 0 Å². The predicted molar refractivity (Wildman–Crippen MR) is 140 cm³/mol. The molecule has 1 amide bonds. The maximum absolute atomic E-state index is 12.2. The zero-order valence-electron chi connectivity index (χ0n) is 17.8. The van der Waals surface area contributed by atoms with E-state index >= 15 is 0 Å². The highest BCUT2D eigenvalue weighted by atomic mass is 127. The summed E-state index contributed by atoms with van der Waals surface area (Å²) in [6, 6.07) is 13.5. The van der Waals surface area contributed by atoms with Crippen LogP contribution in [-0.4, -0.2) is 43.0 Å². The number of nitrogens with zero attached hydrogens (tertiary/aromatic N) is 1. The summed E-state index contributed by atoms with van der Waals surface area (Å²) in [5, 5.41) is 11.0.